The van der Waals surface area contributed by atoms with E-state index in [4.69, 9.17) is 4.74 Å². The molecule has 1 amide bonds. The molecule has 0 saturated carbocycles. The van der Waals surface area contributed by atoms with E-state index in [9.17, 15) is 13.6 Å². The Morgan fingerprint density at radius 1 is 1.04 bits per heavy atom. The number of hydrogen-bond donors (Lipinski definition) is 2. The molecule has 0 aliphatic rings. The number of anilines is 1. The van der Waals surface area contributed by atoms with Crippen molar-refractivity contribution in [3.8, 4) is 11.5 Å². The van der Waals surface area contributed by atoms with Crippen LogP contribution in [0.4, 0.5) is 14.5 Å². The first-order valence-electron chi connectivity index (χ1n) is 7.67. The van der Waals surface area contributed by atoms with Gasteiger partial charge >= 0.3 is 6.61 Å². The largest absolute Gasteiger partial charge is 0.493 e. The zero-order chi connectivity index (χ0) is 18.2. The van der Waals surface area contributed by atoms with Crippen LogP contribution in [0.1, 0.15) is 18.1 Å². The van der Waals surface area contributed by atoms with Crippen LogP contribution < -0.4 is 20.1 Å². The van der Waals surface area contributed by atoms with Crippen LogP contribution in [0.3, 0.4) is 0 Å². The zero-order valence-corrected chi connectivity index (χ0v) is 14.0. The standard InChI is InChI=1S/C18H20F2N2O3/c1-12(23)22-15-6-3-13(4-7-15)10-21-11-14-5-8-16(24-2)17(9-14)25-18(19)20/h3-9,18,21H,10-11H2,1-2H3,(H,22,23). The number of nitrogens with one attached hydrogen (secondary N) is 2. The van der Waals surface area contributed by atoms with E-state index in [1.807, 2.05) is 24.3 Å². The minimum Gasteiger partial charge on any atom is -0.493 e. The maximum absolute atomic E-state index is 12.4. The summed E-state index contributed by atoms with van der Waals surface area (Å²) in [5.74, 6) is 0.154. The van der Waals surface area contributed by atoms with Crippen molar-refractivity contribution < 1.29 is 23.0 Å². The van der Waals surface area contributed by atoms with Gasteiger partial charge in [-0.2, -0.15) is 8.78 Å². The second kappa shape index (κ2) is 8.98. The van der Waals surface area contributed by atoms with Crippen molar-refractivity contribution in [2.24, 2.45) is 0 Å². The van der Waals surface area contributed by atoms with Crippen LogP contribution in [0, 0.1) is 0 Å². The Morgan fingerprint density at radius 2 is 1.68 bits per heavy atom. The second-order valence-electron chi connectivity index (χ2n) is 5.35. The van der Waals surface area contributed by atoms with Crippen LogP contribution in [0.15, 0.2) is 42.5 Å². The predicted octanol–water partition coefficient (Wildman–Crippen LogP) is 3.54. The lowest BCUT2D eigenvalue weighted by molar-refractivity contribution is -0.114. The highest BCUT2D eigenvalue weighted by Gasteiger charge is 2.11. The fourth-order valence-corrected chi connectivity index (χ4v) is 2.28. The lowest BCUT2D eigenvalue weighted by atomic mass is 10.1. The Hall–Kier alpha value is -2.67. The molecular weight excluding hydrogens is 330 g/mol. The first kappa shape index (κ1) is 18.7. The van der Waals surface area contributed by atoms with Crippen LogP contribution in [-0.2, 0) is 17.9 Å². The van der Waals surface area contributed by atoms with Gasteiger partial charge in [0.2, 0.25) is 5.91 Å². The van der Waals surface area contributed by atoms with Crippen molar-refractivity contribution in [2.45, 2.75) is 26.6 Å². The van der Waals surface area contributed by atoms with Gasteiger partial charge < -0.3 is 20.1 Å². The third kappa shape index (κ3) is 6.04. The van der Waals surface area contributed by atoms with E-state index >= 15 is 0 Å². The van der Waals surface area contributed by atoms with Gasteiger partial charge in [0.15, 0.2) is 11.5 Å². The van der Waals surface area contributed by atoms with Gasteiger partial charge in [-0.05, 0) is 35.4 Å². The predicted molar refractivity (Wildman–Crippen MR) is 90.9 cm³/mol. The maximum atomic E-state index is 12.4. The normalized spacial score (nSPS) is 10.6. The van der Waals surface area contributed by atoms with Gasteiger partial charge in [0.05, 0.1) is 7.11 Å². The molecule has 2 rings (SSSR count). The number of hydrogen-bond acceptors (Lipinski definition) is 4. The molecule has 0 spiro atoms. The highest BCUT2D eigenvalue weighted by atomic mass is 19.3. The fourth-order valence-electron chi connectivity index (χ4n) is 2.28. The first-order valence-corrected chi connectivity index (χ1v) is 7.67. The summed E-state index contributed by atoms with van der Waals surface area (Å²) < 4.78 is 34.3. The lowest BCUT2D eigenvalue weighted by Crippen LogP contribution is -2.13. The quantitative estimate of drug-likeness (QED) is 0.764. The van der Waals surface area contributed by atoms with E-state index in [2.05, 4.69) is 15.4 Å². The molecule has 0 radical (unpaired) electrons. The Bertz CT molecular complexity index is 706. The molecule has 2 N–H and O–H groups in total. The smallest absolute Gasteiger partial charge is 0.387 e. The number of ether oxygens (including phenoxy) is 2. The van der Waals surface area contributed by atoms with E-state index in [0.29, 0.717) is 13.1 Å². The van der Waals surface area contributed by atoms with Crippen LogP contribution >= 0.6 is 0 Å². The number of carbonyl (C=O) groups is 1. The summed E-state index contributed by atoms with van der Waals surface area (Å²) in [6.07, 6.45) is 0. The van der Waals surface area contributed by atoms with Crippen molar-refractivity contribution in [1.82, 2.24) is 5.32 Å². The lowest BCUT2D eigenvalue weighted by Gasteiger charge is -2.12. The van der Waals surface area contributed by atoms with Gasteiger partial charge in [0, 0.05) is 25.7 Å². The van der Waals surface area contributed by atoms with Crippen LogP contribution in [0.2, 0.25) is 0 Å². The summed E-state index contributed by atoms with van der Waals surface area (Å²) in [5.41, 5.74) is 2.57. The minimum atomic E-state index is -2.90. The van der Waals surface area contributed by atoms with Crippen molar-refractivity contribution in [1.29, 1.82) is 0 Å². The maximum Gasteiger partial charge on any atom is 0.387 e. The van der Waals surface area contributed by atoms with E-state index in [1.54, 1.807) is 12.1 Å². The van der Waals surface area contributed by atoms with Gasteiger partial charge in [-0.15, -0.1) is 0 Å². The van der Waals surface area contributed by atoms with E-state index < -0.39 is 6.61 Å². The van der Waals surface area contributed by atoms with E-state index in [-0.39, 0.29) is 17.4 Å². The molecular formula is C18H20F2N2O3. The van der Waals surface area contributed by atoms with Gasteiger partial charge in [0.1, 0.15) is 0 Å². The molecule has 5 nitrogen and oxygen atoms in total. The Labute approximate surface area is 144 Å². The average molecular weight is 350 g/mol. The third-order valence-corrected chi connectivity index (χ3v) is 3.38. The summed E-state index contributed by atoms with van der Waals surface area (Å²) in [5, 5.41) is 5.93. The van der Waals surface area contributed by atoms with Gasteiger partial charge in [-0.3, -0.25) is 4.79 Å². The number of benzene rings is 2. The number of amides is 1. The number of rotatable bonds is 8. The molecule has 0 aromatic heterocycles. The Morgan fingerprint density at radius 3 is 2.28 bits per heavy atom. The van der Waals surface area contributed by atoms with Crippen molar-refractivity contribution in [2.75, 3.05) is 12.4 Å². The summed E-state index contributed by atoms with van der Waals surface area (Å²) >= 11 is 0. The zero-order valence-electron chi connectivity index (χ0n) is 14.0. The molecule has 2 aromatic carbocycles. The molecule has 134 valence electrons. The van der Waals surface area contributed by atoms with Crippen LogP contribution in [0.5, 0.6) is 11.5 Å². The highest BCUT2D eigenvalue weighted by Crippen LogP contribution is 2.29. The molecule has 0 fully saturated rings. The SMILES string of the molecule is COc1ccc(CNCc2ccc(NC(C)=O)cc2)cc1OC(F)F. The fraction of sp³-hybridized carbons (Fsp3) is 0.278. The minimum absolute atomic E-state index is 0.0106. The molecule has 7 heteroatoms. The number of methoxy groups -OCH3 is 1. The molecule has 25 heavy (non-hydrogen) atoms. The Balaban J connectivity index is 1.91. The number of halogens is 2. The second-order valence-corrected chi connectivity index (χ2v) is 5.35. The monoisotopic (exact) mass is 350 g/mol. The van der Waals surface area contributed by atoms with Crippen molar-refractivity contribution >= 4 is 11.6 Å². The number of carbonyl (C=O) groups excluding carboxylic acids is 1. The summed E-state index contributed by atoms with van der Waals surface area (Å²) in [6.45, 7) is -0.371. The summed E-state index contributed by atoms with van der Waals surface area (Å²) in [4.78, 5) is 11.0. The molecule has 0 aliphatic carbocycles. The van der Waals surface area contributed by atoms with Gasteiger partial charge in [0.25, 0.3) is 0 Å². The molecule has 0 bridgehead atoms. The molecule has 0 unspecified atom stereocenters. The Kier molecular flexibility index (Phi) is 6.71. The number of alkyl halides is 2. The summed E-state index contributed by atoms with van der Waals surface area (Å²) in [7, 11) is 1.40. The summed E-state index contributed by atoms with van der Waals surface area (Å²) in [6, 6.07) is 12.3. The van der Waals surface area contributed by atoms with Crippen LogP contribution in [0.25, 0.3) is 0 Å². The molecule has 0 atom stereocenters. The first-order chi connectivity index (χ1) is 12.0. The van der Waals surface area contributed by atoms with Gasteiger partial charge in [-0.1, -0.05) is 18.2 Å². The van der Waals surface area contributed by atoms with Crippen LogP contribution in [-0.4, -0.2) is 19.6 Å². The molecule has 2 aromatic rings. The van der Waals surface area contributed by atoms with Crippen molar-refractivity contribution in [3.05, 3.63) is 53.6 Å². The third-order valence-electron chi connectivity index (χ3n) is 3.38. The average Bonchev–Trinajstić information content (AvgIpc) is 2.56. The molecule has 0 aliphatic heterocycles. The molecule has 0 saturated heterocycles. The van der Waals surface area contributed by atoms with E-state index in [1.165, 1.54) is 20.1 Å². The van der Waals surface area contributed by atoms with Gasteiger partial charge in [-0.25, -0.2) is 0 Å². The highest BCUT2D eigenvalue weighted by molar-refractivity contribution is 5.88. The van der Waals surface area contributed by atoms with E-state index in [0.717, 1.165) is 16.8 Å². The van der Waals surface area contributed by atoms with Crippen molar-refractivity contribution in [3.63, 3.8) is 0 Å². The molecule has 0 heterocycles. The topological polar surface area (TPSA) is 59.6 Å².